The van der Waals surface area contributed by atoms with Gasteiger partial charge < -0.3 is 19.6 Å². The van der Waals surface area contributed by atoms with Gasteiger partial charge in [-0.1, -0.05) is 17.7 Å². The minimum absolute atomic E-state index is 0. The van der Waals surface area contributed by atoms with Gasteiger partial charge in [0.2, 0.25) is 9.84 Å². The number of likely N-dealkylation sites (N-methyl/N-ethyl adjacent to an activating group) is 1. The fourth-order valence-electron chi connectivity index (χ4n) is 3.17. The van der Waals surface area contributed by atoms with Crippen molar-refractivity contribution < 1.29 is 18.3 Å². The number of nitrogens with zero attached hydrogens (tertiary/aromatic N) is 2. The van der Waals surface area contributed by atoms with E-state index in [4.69, 9.17) is 4.74 Å². The topological polar surface area (TPSA) is 70.1 Å². The number of ether oxygens (including phenoxy) is 1. The standard InChI is InChI=1S/C21H28N2O4S.2ClH/c1-16-4-7-19(8-5-16)28(25,26)21-9-6-18(27-15-17(2)24)14-20(21)23-12-10-22(3)11-13-23;;/h4-9,14,17,24H,10-13,15H2,1-3H3;2*1H. The Labute approximate surface area is 191 Å². The molecule has 1 fully saturated rings. The molecule has 168 valence electrons. The summed E-state index contributed by atoms with van der Waals surface area (Å²) in [4.78, 5) is 4.88. The van der Waals surface area contributed by atoms with Crippen LogP contribution in [0, 0.1) is 6.92 Å². The summed E-state index contributed by atoms with van der Waals surface area (Å²) in [6.07, 6.45) is -0.594. The van der Waals surface area contributed by atoms with Crippen LogP contribution in [0.5, 0.6) is 5.75 Å². The number of hydrogen-bond acceptors (Lipinski definition) is 6. The number of aryl methyl sites for hydroxylation is 1. The summed E-state index contributed by atoms with van der Waals surface area (Å²) in [6, 6.07) is 12.0. The zero-order valence-corrected chi connectivity index (χ0v) is 19.9. The molecule has 9 heteroatoms. The van der Waals surface area contributed by atoms with Gasteiger partial charge in [0, 0.05) is 32.2 Å². The molecule has 0 aromatic heterocycles. The molecule has 1 aliphatic heterocycles. The number of piperazine rings is 1. The second-order valence-electron chi connectivity index (χ2n) is 7.40. The Morgan fingerprint density at radius 1 is 1.03 bits per heavy atom. The third kappa shape index (κ3) is 6.25. The molecule has 0 radical (unpaired) electrons. The van der Waals surface area contributed by atoms with Crippen LogP contribution in [0.15, 0.2) is 52.3 Å². The Morgan fingerprint density at radius 2 is 1.63 bits per heavy atom. The van der Waals surface area contributed by atoms with Crippen molar-refractivity contribution in [1.82, 2.24) is 4.90 Å². The van der Waals surface area contributed by atoms with Crippen molar-refractivity contribution in [1.29, 1.82) is 0 Å². The fraction of sp³-hybridized carbons (Fsp3) is 0.429. The first-order valence-electron chi connectivity index (χ1n) is 9.47. The molecule has 1 heterocycles. The third-order valence-electron chi connectivity index (χ3n) is 4.89. The SMILES string of the molecule is Cc1ccc(S(=O)(=O)c2ccc(OCC(C)O)cc2N2CCN(C)CC2)cc1.Cl.Cl. The molecule has 1 N–H and O–H groups in total. The van der Waals surface area contributed by atoms with Crippen LogP contribution in [-0.4, -0.2) is 64.4 Å². The number of halogens is 2. The van der Waals surface area contributed by atoms with Gasteiger partial charge in [0.05, 0.1) is 21.6 Å². The van der Waals surface area contributed by atoms with E-state index in [9.17, 15) is 13.5 Å². The predicted octanol–water partition coefficient (Wildman–Crippen LogP) is 3.18. The maximum atomic E-state index is 13.3. The number of sulfone groups is 1. The van der Waals surface area contributed by atoms with Crippen LogP contribution in [0.3, 0.4) is 0 Å². The maximum Gasteiger partial charge on any atom is 0.208 e. The van der Waals surface area contributed by atoms with E-state index in [1.807, 2.05) is 19.1 Å². The van der Waals surface area contributed by atoms with Gasteiger partial charge in [-0.3, -0.25) is 0 Å². The molecule has 0 saturated carbocycles. The van der Waals surface area contributed by atoms with Gasteiger partial charge >= 0.3 is 0 Å². The highest BCUT2D eigenvalue weighted by Gasteiger charge is 2.26. The Balaban J connectivity index is 0.00000225. The van der Waals surface area contributed by atoms with E-state index in [0.29, 0.717) is 11.4 Å². The summed E-state index contributed by atoms with van der Waals surface area (Å²) < 4.78 is 32.3. The van der Waals surface area contributed by atoms with Crippen LogP contribution < -0.4 is 9.64 Å². The van der Waals surface area contributed by atoms with E-state index in [1.54, 1.807) is 37.3 Å². The van der Waals surface area contributed by atoms with E-state index < -0.39 is 15.9 Å². The second-order valence-corrected chi connectivity index (χ2v) is 9.31. The van der Waals surface area contributed by atoms with Gasteiger partial charge in [-0.25, -0.2) is 8.42 Å². The summed E-state index contributed by atoms with van der Waals surface area (Å²) >= 11 is 0. The van der Waals surface area contributed by atoms with E-state index in [0.717, 1.165) is 31.7 Å². The van der Waals surface area contributed by atoms with Crippen LogP contribution in [0.1, 0.15) is 12.5 Å². The summed E-state index contributed by atoms with van der Waals surface area (Å²) in [5, 5.41) is 9.48. The molecule has 0 spiro atoms. The first kappa shape index (κ1) is 26.5. The van der Waals surface area contributed by atoms with Gasteiger partial charge in [-0.15, -0.1) is 24.8 Å². The molecule has 2 aromatic carbocycles. The van der Waals surface area contributed by atoms with Crippen molar-refractivity contribution in [2.45, 2.75) is 29.7 Å². The monoisotopic (exact) mass is 476 g/mol. The normalized spacial score (nSPS) is 15.7. The molecular weight excluding hydrogens is 447 g/mol. The average molecular weight is 477 g/mol. The Morgan fingerprint density at radius 3 is 2.20 bits per heavy atom. The van der Waals surface area contributed by atoms with Crippen LogP contribution in [0.4, 0.5) is 5.69 Å². The molecule has 1 unspecified atom stereocenters. The number of benzene rings is 2. The molecule has 1 saturated heterocycles. The van der Waals surface area contributed by atoms with Crippen LogP contribution in [-0.2, 0) is 9.84 Å². The van der Waals surface area contributed by atoms with Gasteiger partial charge in [0.1, 0.15) is 12.4 Å². The number of hydrogen-bond donors (Lipinski definition) is 1. The van der Waals surface area contributed by atoms with E-state index >= 15 is 0 Å². The number of anilines is 1. The van der Waals surface area contributed by atoms with Gasteiger partial charge in [0.15, 0.2) is 0 Å². The van der Waals surface area contributed by atoms with E-state index in [1.165, 1.54) is 0 Å². The van der Waals surface area contributed by atoms with E-state index in [-0.39, 0.29) is 41.2 Å². The van der Waals surface area contributed by atoms with E-state index in [2.05, 4.69) is 16.8 Å². The van der Waals surface area contributed by atoms with Crippen molar-refractivity contribution in [3.8, 4) is 5.75 Å². The van der Waals surface area contributed by atoms with Crippen molar-refractivity contribution >= 4 is 40.3 Å². The summed E-state index contributed by atoms with van der Waals surface area (Å²) in [5.74, 6) is 0.553. The van der Waals surface area contributed by atoms with Crippen LogP contribution in [0.2, 0.25) is 0 Å². The van der Waals surface area contributed by atoms with Crippen molar-refractivity contribution in [2.24, 2.45) is 0 Å². The maximum absolute atomic E-state index is 13.3. The lowest BCUT2D eigenvalue weighted by Gasteiger charge is -2.35. The fourth-order valence-corrected chi connectivity index (χ4v) is 4.63. The van der Waals surface area contributed by atoms with Crippen molar-refractivity contribution in [2.75, 3.05) is 44.7 Å². The van der Waals surface area contributed by atoms with Crippen molar-refractivity contribution in [3.63, 3.8) is 0 Å². The smallest absolute Gasteiger partial charge is 0.208 e. The largest absolute Gasteiger partial charge is 0.491 e. The lowest BCUT2D eigenvalue weighted by Crippen LogP contribution is -2.44. The Bertz CT molecular complexity index is 913. The van der Waals surface area contributed by atoms with Crippen LogP contribution in [0.25, 0.3) is 0 Å². The zero-order valence-electron chi connectivity index (χ0n) is 17.4. The lowest BCUT2D eigenvalue weighted by molar-refractivity contribution is 0.122. The summed E-state index contributed by atoms with van der Waals surface area (Å²) in [6.45, 7) is 6.95. The summed E-state index contributed by atoms with van der Waals surface area (Å²) in [5.41, 5.74) is 1.66. The highest BCUT2D eigenvalue weighted by Crippen LogP contribution is 2.34. The quantitative estimate of drug-likeness (QED) is 0.690. The van der Waals surface area contributed by atoms with Gasteiger partial charge in [0.25, 0.3) is 0 Å². The molecule has 0 aliphatic carbocycles. The Kier molecular flexibility index (Phi) is 9.91. The average Bonchev–Trinajstić information content (AvgIpc) is 2.67. The van der Waals surface area contributed by atoms with Gasteiger partial charge in [-0.2, -0.15) is 0 Å². The highest BCUT2D eigenvalue weighted by atomic mass is 35.5. The number of rotatable bonds is 6. The molecule has 1 atom stereocenters. The minimum atomic E-state index is -3.66. The first-order chi connectivity index (χ1) is 13.3. The molecule has 2 aromatic rings. The highest BCUT2D eigenvalue weighted by molar-refractivity contribution is 7.91. The molecule has 30 heavy (non-hydrogen) atoms. The number of aliphatic hydroxyl groups excluding tert-OH is 1. The Hall–Kier alpha value is -1.51. The van der Waals surface area contributed by atoms with Crippen LogP contribution >= 0.6 is 24.8 Å². The molecule has 0 bridgehead atoms. The van der Waals surface area contributed by atoms with Crippen molar-refractivity contribution in [3.05, 3.63) is 48.0 Å². The second kappa shape index (κ2) is 11.2. The molecule has 0 amide bonds. The summed E-state index contributed by atoms with van der Waals surface area (Å²) in [7, 11) is -1.60. The van der Waals surface area contributed by atoms with Gasteiger partial charge in [-0.05, 0) is 45.2 Å². The first-order valence-corrected chi connectivity index (χ1v) is 11.0. The third-order valence-corrected chi connectivity index (χ3v) is 6.70. The molecular formula is C21H30Cl2N2O4S. The minimum Gasteiger partial charge on any atom is -0.491 e. The zero-order chi connectivity index (χ0) is 20.3. The molecule has 3 rings (SSSR count). The predicted molar refractivity (Wildman–Crippen MR) is 124 cm³/mol. The molecule has 1 aliphatic rings. The lowest BCUT2D eigenvalue weighted by atomic mass is 10.2. The number of aliphatic hydroxyl groups is 1. The molecule has 6 nitrogen and oxygen atoms in total.